The fourth-order valence-corrected chi connectivity index (χ4v) is 5.26. The summed E-state index contributed by atoms with van der Waals surface area (Å²) >= 11 is 0. The lowest BCUT2D eigenvalue weighted by Gasteiger charge is -2.58. The molecule has 18 heavy (non-hydrogen) atoms. The van der Waals surface area contributed by atoms with Gasteiger partial charge in [-0.3, -0.25) is 9.69 Å². The predicted octanol–water partition coefficient (Wildman–Crippen LogP) is 1.87. The zero-order valence-corrected chi connectivity index (χ0v) is 11.2. The summed E-state index contributed by atoms with van der Waals surface area (Å²) in [5.41, 5.74) is 0. The molecule has 4 aliphatic rings. The van der Waals surface area contributed by atoms with Crippen LogP contribution in [-0.4, -0.2) is 47.4 Å². The van der Waals surface area contributed by atoms with Crippen LogP contribution in [-0.2, 0) is 4.79 Å². The third-order valence-corrected chi connectivity index (χ3v) is 5.88. The van der Waals surface area contributed by atoms with Crippen LogP contribution in [0.1, 0.15) is 44.9 Å². The molecule has 1 unspecified atom stereocenters. The fourth-order valence-electron chi connectivity index (χ4n) is 5.26. The normalized spacial score (nSPS) is 44.4. The second-order valence-corrected chi connectivity index (χ2v) is 6.74. The Bertz CT molecular complexity index is 354. The van der Waals surface area contributed by atoms with Crippen molar-refractivity contribution < 1.29 is 4.79 Å². The highest BCUT2D eigenvalue weighted by Gasteiger charge is 2.50. The maximum absolute atomic E-state index is 12.2. The van der Waals surface area contributed by atoms with E-state index in [-0.39, 0.29) is 0 Å². The van der Waals surface area contributed by atoms with Crippen molar-refractivity contribution >= 4 is 5.91 Å². The van der Waals surface area contributed by atoms with E-state index < -0.39 is 0 Å². The molecule has 4 saturated heterocycles. The number of carbonyl (C=O) groups is 1. The summed E-state index contributed by atoms with van der Waals surface area (Å²) in [6.07, 6.45) is 8.64. The third kappa shape index (κ3) is 1.56. The Kier molecular flexibility index (Phi) is 2.65. The molecule has 4 atom stereocenters. The van der Waals surface area contributed by atoms with Crippen LogP contribution in [0, 0.1) is 11.8 Å². The summed E-state index contributed by atoms with van der Waals surface area (Å²) < 4.78 is 0. The Balaban J connectivity index is 1.66. The molecule has 4 fully saturated rings. The Hall–Kier alpha value is -0.570. The van der Waals surface area contributed by atoms with Gasteiger partial charge in [0.15, 0.2) is 0 Å². The number of hydrogen-bond donors (Lipinski definition) is 0. The van der Waals surface area contributed by atoms with Gasteiger partial charge in [0.2, 0.25) is 5.91 Å². The van der Waals surface area contributed by atoms with E-state index in [0.717, 1.165) is 37.3 Å². The average Bonchev–Trinajstić information content (AvgIpc) is 2.41. The van der Waals surface area contributed by atoms with E-state index in [9.17, 15) is 4.79 Å². The molecular weight excluding hydrogens is 224 g/mol. The molecule has 100 valence electrons. The Morgan fingerprint density at radius 3 is 2.72 bits per heavy atom. The molecule has 3 heteroatoms. The van der Waals surface area contributed by atoms with Crippen molar-refractivity contribution in [1.29, 1.82) is 0 Å². The van der Waals surface area contributed by atoms with Crippen molar-refractivity contribution in [3.63, 3.8) is 0 Å². The van der Waals surface area contributed by atoms with Crippen LogP contribution < -0.4 is 0 Å². The van der Waals surface area contributed by atoms with Gasteiger partial charge in [0.05, 0.1) is 0 Å². The number of piperidine rings is 4. The molecule has 0 aromatic carbocycles. The summed E-state index contributed by atoms with van der Waals surface area (Å²) in [5, 5.41) is 0. The van der Waals surface area contributed by atoms with Crippen molar-refractivity contribution in [3.05, 3.63) is 0 Å². The first-order valence-corrected chi connectivity index (χ1v) is 7.88. The molecule has 0 N–H and O–H groups in total. The van der Waals surface area contributed by atoms with E-state index in [1.807, 2.05) is 0 Å². The molecule has 0 aliphatic carbocycles. The minimum atomic E-state index is 0.451. The SMILES string of the molecule is O=C1CCCC2[C@@H]3CCCN4CCC[C@H](CN12)[C@H]34. The quantitative estimate of drug-likeness (QED) is 0.653. The van der Waals surface area contributed by atoms with Gasteiger partial charge in [-0.25, -0.2) is 0 Å². The molecule has 0 bridgehead atoms. The Morgan fingerprint density at radius 2 is 1.83 bits per heavy atom. The smallest absolute Gasteiger partial charge is 0.222 e. The summed E-state index contributed by atoms with van der Waals surface area (Å²) in [7, 11) is 0. The first kappa shape index (κ1) is 11.3. The monoisotopic (exact) mass is 248 g/mol. The van der Waals surface area contributed by atoms with Crippen LogP contribution >= 0.6 is 0 Å². The van der Waals surface area contributed by atoms with E-state index in [0.29, 0.717) is 11.9 Å². The molecule has 4 aliphatic heterocycles. The van der Waals surface area contributed by atoms with E-state index in [4.69, 9.17) is 0 Å². The minimum absolute atomic E-state index is 0.451. The lowest BCUT2D eigenvalue weighted by Crippen LogP contribution is -2.66. The summed E-state index contributed by atoms with van der Waals surface area (Å²) in [6.45, 7) is 3.71. The van der Waals surface area contributed by atoms with Crippen LogP contribution in [0.2, 0.25) is 0 Å². The number of fused-ring (bicyclic) bond motifs is 2. The molecule has 3 nitrogen and oxygen atoms in total. The predicted molar refractivity (Wildman–Crippen MR) is 70.2 cm³/mol. The Labute approximate surface area is 110 Å². The zero-order valence-electron chi connectivity index (χ0n) is 11.2. The lowest BCUT2D eigenvalue weighted by molar-refractivity contribution is -0.150. The second kappa shape index (κ2) is 4.22. The van der Waals surface area contributed by atoms with Crippen LogP contribution in [0.3, 0.4) is 0 Å². The summed E-state index contributed by atoms with van der Waals surface area (Å²) in [6, 6.07) is 1.41. The van der Waals surface area contributed by atoms with Crippen molar-refractivity contribution in [1.82, 2.24) is 9.80 Å². The molecule has 0 saturated carbocycles. The van der Waals surface area contributed by atoms with Gasteiger partial charge in [0, 0.05) is 25.0 Å². The molecular formula is C15H24N2O. The number of rotatable bonds is 0. The maximum Gasteiger partial charge on any atom is 0.222 e. The number of hydrogen-bond acceptors (Lipinski definition) is 2. The minimum Gasteiger partial charge on any atom is -0.339 e. The van der Waals surface area contributed by atoms with Gasteiger partial charge in [-0.15, -0.1) is 0 Å². The average molecular weight is 248 g/mol. The van der Waals surface area contributed by atoms with Gasteiger partial charge in [-0.05, 0) is 63.5 Å². The standard InChI is InChI=1S/C15H24N2O/c18-14-7-1-6-13-12-5-3-9-16-8-2-4-11(15(12)16)10-17(13)14/h11-13,15H,1-10H2/t11-,12+,13?,15-/m1/s1. The maximum atomic E-state index is 12.2. The van der Waals surface area contributed by atoms with E-state index in [2.05, 4.69) is 9.80 Å². The van der Waals surface area contributed by atoms with Crippen LogP contribution in [0.25, 0.3) is 0 Å². The molecule has 0 aromatic heterocycles. The number of amides is 1. The van der Waals surface area contributed by atoms with Gasteiger partial charge >= 0.3 is 0 Å². The van der Waals surface area contributed by atoms with Crippen LogP contribution in [0.15, 0.2) is 0 Å². The highest BCUT2D eigenvalue weighted by atomic mass is 16.2. The van der Waals surface area contributed by atoms with Crippen LogP contribution in [0.5, 0.6) is 0 Å². The molecule has 0 radical (unpaired) electrons. The third-order valence-electron chi connectivity index (χ3n) is 5.88. The molecule has 4 rings (SSSR count). The molecule has 4 heterocycles. The highest BCUT2D eigenvalue weighted by Crippen LogP contribution is 2.44. The van der Waals surface area contributed by atoms with Gasteiger partial charge in [-0.2, -0.15) is 0 Å². The highest BCUT2D eigenvalue weighted by molar-refractivity contribution is 5.77. The van der Waals surface area contributed by atoms with Crippen molar-refractivity contribution in [2.75, 3.05) is 19.6 Å². The van der Waals surface area contributed by atoms with E-state index in [1.54, 1.807) is 0 Å². The number of nitrogens with zero attached hydrogens (tertiary/aromatic N) is 2. The van der Waals surface area contributed by atoms with E-state index in [1.165, 1.54) is 45.2 Å². The number of carbonyl (C=O) groups excluding carboxylic acids is 1. The molecule has 0 spiro atoms. The summed E-state index contributed by atoms with van der Waals surface area (Å²) in [4.78, 5) is 17.2. The van der Waals surface area contributed by atoms with E-state index >= 15 is 0 Å². The Morgan fingerprint density at radius 1 is 1.00 bits per heavy atom. The van der Waals surface area contributed by atoms with Gasteiger partial charge in [0.1, 0.15) is 0 Å². The second-order valence-electron chi connectivity index (χ2n) is 6.74. The topological polar surface area (TPSA) is 23.6 Å². The molecule has 0 aromatic rings. The first-order chi connectivity index (χ1) is 8.84. The van der Waals surface area contributed by atoms with Crippen LogP contribution in [0.4, 0.5) is 0 Å². The molecule has 1 amide bonds. The van der Waals surface area contributed by atoms with Gasteiger partial charge < -0.3 is 4.90 Å². The van der Waals surface area contributed by atoms with Crippen molar-refractivity contribution in [2.45, 2.75) is 57.0 Å². The zero-order chi connectivity index (χ0) is 12.1. The lowest BCUT2D eigenvalue weighted by atomic mass is 9.68. The van der Waals surface area contributed by atoms with Crippen molar-refractivity contribution in [3.8, 4) is 0 Å². The first-order valence-electron chi connectivity index (χ1n) is 7.88. The van der Waals surface area contributed by atoms with Gasteiger partial charge in [0.25, 0.3) is 0 Å². The van der Waals surface area contributed by atoms with Gasteiger partial charge in [-0.1, -0.05) is 0 Å². The summed E-state index contributed by atoms with van der Waals surface area (Å²) in [5.74, 6) is 2.02. The largest absolute Gasteiger partial charge is 0.339 e. The fraction of sp³-hybridized carbons (Fsp3) is 0.933. The van der Waals surface area contributed by atoms with Crippen molar-refractivity contribution in [2.24, 2.45) is 11.8 Å².